The maximum Gasteiger partial charge on any atom is 0.411 e. The van der Waals surface area contributed by atoms with Crippen LogP contribution < -0.4 is 0 Å². The van der Waals surface area contributed by atoms with Crippen molar-refractivity contribution in [3.63, 3.8) is 0 Å². The number of alkyl halides is 3. The van der Waals surface area contributed by atoms with Gasteiger partial charge in [-0.15, -0.1) is 0 Å². The van der Waals surface area contributed by atoms with E-state index in [-0.39, 0.29) is 18.0 Å². The number of fused-ring (bicyclic) bond motifs is 2. The van der Waals surface area contributed by atoms with E-state index in [2.05, 4.69) is 9.64 Å². The molecule has 2 saturated heterocycles. The Morgan fingerprint density at radius 2 is 1.70 bits per heavy atom. The molecule has 0 aromatic rings. The van der Waals surface area contributed by atoms with Crippen molar-refractivity contribution in [1.29, 1.82) is 0 Å². The molecule has 1 amide bonds. The number of nitrogens with zero attached hydrogens (tertiary/aromatic N) is 2. The Kier molecular flexibility index (Phi) is 6.26. The summed E-state index contributed by atoms with van der Waals surface area (Å²) in [5.74, 6) is -0.320. The summed E-state index contributed by atoms with van der Waals surface area (Å²) in [5, 5.41) is 0. The maximum atomic E-state index is 11.9. The number of likely N-dealkylation sites (N-methyl/N-ethyl adjacent to an activating group) is 1. The minimum Gasteiger partial charge on any atom is -0.362 e. The molecule has 0 spiro atoms. The van der Waals surface area contributed by atoms with Crippen molar-refractivity contribution < 1.29 is 22.7 Å². The number of carbonyl (C=O) groups is 1. The molecule has 0 N–H and O–H groups in total. The molecule has 2 heterocycles. The summed E-state index contributed by atoms with van der Waals surface area (Å²) in [6, 6.07) is 0.270. The van der Waals surface area contributed by atoms with Crippen molar-refractivity contribution in [2.75, 3.05) is 33.4 Å². The SMILES string of the molecule is CC.CN1CC2CCC(C1)N2C(=O)COCC(F)(F)F. The molecule has 20 heavy (non-hydrogen) atoms. The molecule has 2 fully saturated rings. The molecule has 4 nitrogen and oxygen atoms in total. The number of carbonyl (C=O) groups excluding carboxylic acids is 1. The predicted octanol–water partition coefficient (Wildman–Crippen LogP) is 1.90. The first kappa shape index (κ1) is 17.2. The van der Waals surface area contributed by atoms with E-state index in [1.807, 2.05) is 20.9 Å². The van der Waals surface area contributed by atoms with Gasteiger partial charge in [-0.3, -0.25) is 4.79 Å². The molecule has 0 aromatic carbocycles. The Morgan fingerprint density at radius 1 is 1.20 bits per heavy atom. The molecule has 0 radical (unpaired) electrons. The van der Waals surface area contributed by atoms with Gasteiger partial charge in [-0.25, -0.2) is 0 Å². The fourth-order valence-electron chi connectivity index (χ4n) is 2.85. The zero-order valence-electron chi connectivity index (χ0n) is 12.2. The number of rotatable bonds is 3. The summed E-state index contributed by atoms with van der Waals surface area (Å²) in [6.45, 7) is 3.75. The van der Waals surface area contributed by atoms with E-state index in [9.17, 15) is 18.0 Å². The zero-order valence-corrected chi connectivity index (χ0v) is 12.2. The molecule has 2 aliphatic heterocycles. The van der Waals surface area contributed by atoms with Gasteiger partial charge in [-0.05, 0) is 19.9 Å². The van der Waals surface area contributed by atoms with Crippen LogP contribution in [-0.4, -0.2) is 67.3 Å². The zero-order chi connectivity index (χ0) is 15.3. The highest BCUT2D eigenvalue weighted by Gasteiger charge is 2.41. The molecule has 0 saturated carbocycles. The molecule has 2 atom stereocenters. The lowest BCUT2D eigenvalue weighted by molar-refractivity contribution is -0.179. The second-order valence-electron chi connectivity index (χ2n) is 5.02. The molecular weight excluding hydrogens is 273 g/mol. The van der Waals surface area contributed by atoms with Gasteiger partial charge >= 0.3 is 6.18 Å². The number of piperazine rings is 1. The third-order valence-corrected chi connectivity index (χ3v) is 3.44. The largest absolute Gasteiger partial charge is 0.411 e. The van der Waals surface area contributed by atoms with Crippen molar-refractivity contribution in [2.24, 2.45) is 0 Å². The van der Waals surface area contributed by atoms with Crippen LogP contribution in [0.25, 0.3) is 0 Å². The average Bonchev–Trinajstić information content (AvgIpc) is 2.63. The Labute approximate surface area is 117 Å². The normalized spacial score (nSPS) is 26.2. The molecule has 118 valence electrons. The van der Waals surface area contributed by atoms with Gasteiger partial charge in [-0.1, -0.05) is 13.8 Å². The number of ether oxygens (including phenoxy) is 1. The minimum absolute atomic E-state index is 0.135. The van der Waals surface area contributed by atoms with Crippen molar-refractivity contribution in [3.8, 4) is 0 Å². The number of halogens is 3. The first-order chi connectivity index (χ1) is 9.37. The van der Waals surface area contributed by atoms with Crippen LogP contribution in [-0.2, 0) is 9.53 Å². The second-order valence-corrected chi connectivity index (χ2v) is 5.02. The van der Waals surface area contributed by atoms with Crippen molar-refractivity contribution in [3.05, 3.63) is 0 Å². The Hall–Kier alpha value is -0.820. The summed E-state index contributed by atoms with van der Waals surface area (Å²) >= 11 is 0. The van der Waals surface area contributed by atoms with Crippen LogP contribution in [0.2, 0.25) is 0 Å². The van der Waals surface area contributed by atoms with E-state index in [4.69, 9.17) is 0 Å². The smallest absolute Gasteiger partial charge is 0.362 e. The van der Waals surface area contributed by atoms with Gasteiger partial charge in [0.15, 0.2) is 0 Å². The molecular formula is C13H23F3N2O2. The van der Waals surface area contributed by atoms with Gasteiger partial charge in [0.1, 0.15) is 13.2 Å². The van der Waals surface area contributed by atoms with Gasteiger partial charge in [-0.2, -0.15) is 13.2 Å². The van der Waals surface area contributed by atoms with Crippen molar-refractivity contribution in [2.45, 2.75) is 44.9 Å². The first-order valence-electron chi connectivity index (χ1n) is 7.01. The lowest BCUT2D eigenvalue weighted by atomic mass is 10.2. The van der Waals surface area contributed by atoms with Crippen LogP contribution in [0.1, 0.15) is 26.7 Å². The van der Waals surface area contributed by atoms with E-state index in [0.29, 0.717) is 0 Å². The Bertz CT molecular complexity index is 309. The van der Waals surface area contributed by atoms with Crippen LogP contribution in [0, 0.1) is 0 Å². The summed E-state index contributed by atoms with van der Waals surface area (Å²) in [6.07, 6.45) is -2.51. The van der Waals surface area contributed by atoms with E-state index < -0.39 is 19.4 Å². The Morgan fingerprint density at radius 3 is 2.15 bits per heavy atom. The quantitative estimate of drug-likeness (QED) is 0.797. The van der Waals surface area contributed by atoms with Gasteiger partial charge in [0.25, 0.3) is 0 Å². The van der Waals surface area contributed by atoms with Crippen LogP contribution in [0.3, 0.4) is 0 Å². The molecule has 0 aliphatic carbocycles. The molecule has 2 aliphatic rings. The number of likely N-dealkylation sites (tertiary alicyclic amines) is 1. The topological polar surface area (TPSA) is 32.8 Å². The highest BCUT2D eigenvalue weighted by atomic mass is 19.4. The van der Waals surface area contributed by atoms with Crippen LogP contribution in [0.15, 0.2) is 0 Å². The van der Waals surface area contributed by atoms with Crippen molar-refractivity contribution in [1.82, 2.24) is 9.80 Å². The highest BCUT2D eigenvalue weighted by molar-refractivity contribution is 5.78. The van der Waals surface area contributed by atoms with Gasteiger partial charge in [0.2, 0.25) is 5.91 Å². The van der Waals surface area contributed by atoms with Crippen LogP contribution in [0.5, 0.6) is 0 Å². The molecule has 0 aromatic heterocycles. The third kappa shape index (κ3) is 4.63. The number of hydrogen-bond acceptors (Lipinski definition) is 3. The monoisotopic (exact) mass is 296 g/mol. The lowest BCUT2D eigenvalue weighted by Crippen LogP contribution is -2.55. The summed E-state index contributed by atoms with van der Waals surface area (Å²) in [4.78, 5) is 15.7. The minimum atomic E-state index is -4.37. The number of hydrogen-bond donors (Lipinski definition) is 0. The lowest BCUT2D eigenvalue weighted by Gasteiger charge is -2.39. The molecule has 7 heteroatoms. The standard InChI is InChI=1S/C11H17F3N2O2.C2H6/c1-15-4-8-2-3-9(5-15)16(8)10(17)6-18-7-11(12,13)14;1-2/h8-9H,2-7H2,1H3;1-2H3. The van der Waals surface area contributed by atoms with Gasteiger partial charge in [0.05, 0.1) is 0 Å². The Balaban J connectivity index is 0.000000956. The third-order valence-electron chi connectivity index (χ3n) is 3.44. The van der Waals surface area contributed by atoms with E-state index >= 15 is 0 Å². The van der Waals surface area contributed by atoms with Crippen LogP contribution in [0.4, 0.5) is 13.2 Å². The van der Waals surface area contributed by atoms with E-state index in [0.717, 1.165) is 25.9 Å². The predicted molar refractivity (Wildman–Crippen MR) is 69.4 cm³/mol. The summed E-state index contributed by atoms with van der Waals surface area (Å²) in [7, 11) is 1.99. The molecule has 2 bridgehead atoms. The van der Waals surface area contributed by atoms with E-state index in [1.54, 1.807) is 4.90 Å². The fraction of sp³-hybridized carbons (Fsp3) is 0.923. The van der Waals surface area contributed by atoms with Gasteiger partial charge < -0.3 is 14.5 Å². The first-order valence-corrected chi connectivity index (χ1v) is 7.01. The fourth-order valence-corrected chi connectivity index (χ4v) is 2.85. The second kappa shape index (κ2) is 7.26. The summed E-state index contributed by atoms with van der Waals surface area (Å²) < 4.78 is 40.2. The van der Waals surface area contributed by atoms with Gasteiger partial charge in [0, 0.05) is 25.2 Å². The maximum absolute atomic E-state index is 11.9. The van der Waals surface area contributed by atoms with Crippen LogP contribution >= 0.6 is 0 Å². The number of amides is 1. The molecule has 2 unspecified atom stereocenters. The average molecular weight is 296 g/mol. The highest BCUT2D eigenvalue weighted by Crippen LogP contribution is 2.29. The molecule has 2 rings (SSSR count). The summed E-state index contributed by atoms with van der Waals surface area (Å²) in [5.41, 5.74) is 0. The van der Waals surface area contributed by atoms with E-state index in [1.165, 1.54) is 0 Å². The van der Waals surface area contributed by atoms with Crippen molar-refractivity contribution >= 4 is 5.91 Å².